The molecule has 4 bridgehead atoms. The van der Waals surface area contributed by atoms with Crippen molar-refractivity contribution in [2.45, 2.75) is 49.7 Å². The number of nitrogens with one attached hydrogen (secondary N) is 1. The Morgan fingerprint density at radius 2 is 1.81 bits per heavy atom. The molecule has 0 radical (unpaired) electrons. The Morgan fingerprint density at radius 1 is 1.19 bits per heavy atom. The summed E-state index contributed by atoms with van der Waals surface area (Å²) in [4.78, 5) is 1.45. The van der Waals surface area contributed by atoms with Crippen molar-refractivity contribution in [3.8, 4) is 0 Å². The zero-order valence-corrected chi connectivity index (χ0v) is 10.2. The standard InChI is InChI=1S/C13H23NO2/c1-14(2-3-15)12-5-10-4-11(6-12)8-13(16,7-10)9-12/h10-11,15-16H,2-9H2,1H3/p+1/t10-,11+,12?,13?. The summed E-state index contributed by atoms with van der Waals surface area (Å²) in [5.41, 5.74) is -0.0810. The van der Waals surface area contributed by atoms with Crippen molar-refractivity contribution in [3.63, 3.8) is 0 Å². The minimum Gasteiger partial charge on any atom is -0.391 e. The van der Waals surface area contributed by atoms with Gasteiger partial charge in [0.1, 0.15) is 12.1 Å². The van der Waals surface area contributed by atoms with Gasteiger partial charge in [-0.1, -0.05) is 0 Å². The van der Waals surface area contributed by atoms with Crippen LogP contribution in [0.5, 0.6) is 0 Å². The molecule has 0 aromatic carbocycles. The molecule has 4 aliphatic rings. The highest BCUT2D eigenvalue weighted by atomic mass is 16.3. The fourth-order valence-electron chi connectivity index (χ4n) is 5.15. The minimum absolute atomic E-state index is 0.265. The first-order valence-electron chi connectivity index (χ1n) is 6.71. The maximum atomic E-state index is 10.6. The smallest absolute Gasteiger partial charge is 0.101 e. The summed E-state index contributed by atoms with van der Waals surface area (Å²) in [5.74, 6) is 1.50. The molecule has 4 aliphatic carbocycles. The van der Waals surface area contributed by atoms with Gasteiger partial charge in [-0.25, -0.2) is 0 Å². The van der Waals surface area contributed by atoms with Gasteiger partial charge in [0.25, 0.3) is 0 Å². The van der Waals surface area contributed by atoms with Crippen LogP contribution in [-0.4, -0.2) is 41.6 Å². The molecule has 0 amide bonds. The van der Waals surface area contributed by atoms with Crippen LogP contribution in [0.3, 0.4) is 0 Å². The van der Waals surface area contributed by atoms with E-state index in [1.165, 1.54) is 24.2 Å². The molecular weight excluding hydrogens is 202 g/mol. The Kier molecular flexibility index (Phi) is 2.36. The fourth-order valence-corrected chi connectivity index (χ4v) is 5.15. The number of hydrogen-bond donors (Lipinski definition) is 3. The number of aliphatic hydroxyl groups excluding tert-OH is 1. The van der Waals surface area contributed by atoms with Crippen LogP contribution in [0.1, 0.15) is 38.5 Å². The molecule has 0 aromatic heterocycles. The van der Waals surface area contributed by atoms with E-state index in [2.05, 4.69) is 7.05 Å². The van der Waals surface area contributed by atoms with E-state index in [0.717, 1.165) is 37.6 Å². The first kappa shape index (κ1) is 11.0. The normalized spacial score (nSPS) is 51.9. The van der Waals surface area contributed by atoms with Crippen molar-refractivity contribution < 1.29 is 15.1 Å². The predicted molar refractivity (Wildman–Crippen MR) is 61.2 cm³/mol. The second-order valence-corrected chi connectivity index (χ2v) is 6.72. The van der Waals surface area contributed by atoms with Crippen molar-refractivity contribution >= 4 is 0 Å². The molecule has 0 aromatic rings. The van der Waals surface area contributed by atoms with Gasteiger partial charge in [0.15, 0.2) is 0 Å². The Labute approximate surface area is 97.4 Å². The molecule has 0 aliphatic heterocycles. The van der Waals surface area contributed by atoms with Crippen molar-refractivity contribution in [2.75, 3.05) is 20.2 Å². The van der Waals surface area contributed by atoms with E-state index in [1.54, 1.807) is 0 Å². The average molecular weight is 226 g/mol. The Balaban J connectivity index is 1.86. The van der Waals surface area contributed by atoms with Crippen molar-refractivity contribution in [2.24, 2.45) is 11.8 Å². The molecule has 3 nitrogen and oxygen atoms in total. The van der Waals surface area contributed by atoms with E-state index in [1.807, 2.05) is 0 Å². The lowest BCUT2D eigenvalue weighted by atomic mass is 9.50. The van der Waals surface area contributed by atoms with E-state index < -0.39 is 0 Å². The third-order valence-electron chi connectivity index (χ3n) is 5.42. The van der Waals surface area contributed by atoms with Gasteiger partial charge >= 0.3 is 0 Å². The monoisotopic (exact) mass is 226 g/mol. The third-order valence-corrected chi connectivity index (χ3v) is 5.42. The quantitative estimate of drug-likeness (QED) is 0.612. The van der Waals surface area contributed by atoms with Crippen LogP contribution in [-0.2, 0) is 0 Å². The third kappa shape index (κ3) is 1.52. The molecule has 0 spiro atoms. The van der Waals surface area contributed by atoms with Crippen molar-refractivity contribution in [1.29, 1.82) is 0 Å². The average Bonchev–Trinajstić information content (AvgIpc) is 2.13. The van der Waals surface area contributed by atoms with Crippen molar-refractivity contribution in [3.05, 3.63) is 0 Å². The molecule has 4 rings (SSSR count). The van der Waals surface area contributed by atoms with E-state index in [9.17, 15) is 5.11 Å². The second-order valence-electron chi connectivity index (χ2n) is 6.72. The summed E-state index contributed by atoms with van der Waals surface area (Å²) in [6, 6.07) is 0. The SMILES string of the molecule is C[NH+](CCO)C12C[C@@H]3C[C@@H](CC(O)(C3)C1)C2. The molecule has 4 saturated carbocycles. The maximum Gasteiger partial charge on any atom is 0.101 e. The van der Waals surface area contributed by atoms with Crippen LogP contribution in [0, 0.1) is 11.8 Å². The van der Waals surface area contributed by atoms with E-state index >= 15 is 0 Å². The maximum absolute atomic E-state index is 10.6. The van der Waals surface area contributed by atoms with Crippen LogP contribution in [0.25, 0.3) is 0 Å². The number of hydrogen-bond acceptors (Lipinski definition) is 2. The largest absolute Gasteiger partial charge is 0.391 e. The van der Waals surface area contributed by atoms with Gasteiger partial charge < -0.3 is 15.1 Å². The molecular formula is C13H24NO2+. The van der Waals surface area contributed by atoms with Crippen LogP contribution >= 0.6 is 0 Å². The van der Waals surface area contributed by atoms with Gasteiger partial charge in [-0.3, -0.25) is 0 Å². The van der Waals surface area contributed by atoms with Gasteiger partial charge in [0.05, 0.1) is 19.3 Å². The molecule has 3 N–H and O–H groups in total. The van der Waals surface area contributed by atoms with Crippen LogP contribution < -0.4 is 4.90 Å². The van der Waals surface area contributed by atoms with E-state index in [4.69, 9.17) is 5.11 Å². The number of aliphatic hydroxyl groups is 2. The van der Waals surface area contributed by atoms with E-state index in [-0.39, 0.29) is 17.7 Å². The summed E-state index contributed by atoms with van der Waals surface area (Å²) < 4.78 is 0. The molecule has 5 atom stereocenters. The summed E-state index contributed by atoms with van der Waals surface area (Å²) >= 11 is 0. The molecule has 3 unspecified atom stereocenters. The van der Waals surface area contributed by atoms with Gasteiger partial charge in [-0.05, 0) is 31.1 Å². The zero-order chi connectivity index (χ0) is 11.4. The summed E-state index contributed by atoms with van der Waals surface area (Å²) in [6.45, 7) is 1.09. The molecule has 0 saturated heterocycles. The van der Waals surface area contributed by atoms with E-state index in [0.29, 0.717) is 0 Å². The van der Waals surface area contributed by atoms with Gasteiger partial charge in [0.2, 0.25) is 0 Å². The lowest BCUT2D eigenvalue weighted by Gasteiger charge is -2.60. The Hall–Kier alpha value is -0.120. The summed E-state index contributed by atoms with van der Waals surface area (Å²) in [5, 5.41) is 19.7. The zero-order valence-electron chi connectivity index (χ0n) is 10.2. The number of quaternary nitrogens is 1. The highest BCUT2D eigenvalue weighted by Gasteiger charge is 2.60. The van der Waals surface area contributed by atoms with Crippen LogP contribution in [0.2, 0.25) is 0 Å². The molecule has 0 heterocycles. The Morgan fingerprint density at radius 3 is 2.31 bits per heavy atom. The number of likely N-dealkylation sites (N-methyl/N-ethyl adjacent to an activating group) is 1. The van der Waals surface area contributed by atoms with Crippen LogP contribution in [0.15, 0.2) is 0 Å². The molecule has 92 valence electrons. The molecule has 4 fully saturated rings. The highest BCUT2D eigenvalue weighted by Crippen LogP contribution is 2.56. The highest BCUT2D eigenvalue weighted by molar-refractivity contribution is 5.09. The second kappa shape index (κ2) is 3.44. The first-order valence-corrected chi connectivity index (χ1v) is 6.71. The van der Waals surface area contributed by atoms with Gasteiger partial charge in [-0.15, -0.1) is 0 Å². The lowest BCUT2D eigenvalue weighted by molar-refractivity contribution is -0.941. The number of rotatable bonds is 3. The molecule has 16 heavy (non-hydrogen) atoms. The van der Waals surface area contributed by atoms with Crippen molar-refractivity contribution in [1.82, 2.24) is 0 Å². The molecule has 3 heteroatoms. The summed E-state index contributed by atoms with van der Waals surface area (Å²) in [6.07, 6.45) is 6.94. The summed E-state index contributed by atoms with van der Waals surface area (Å²) in [7, 11) is 2.20. The topological polar surface area (TPSA) is 44.9 Å². The van der Waals surface area contributed by atoms with Crippen LogP contribution in [0.4, 0.5) is 0 Å². The minimum atomic E-state index is -0.360. The fraction of sp³-hybridized carbons (Fsp3) is 1.00. The lowest BCUT2D eigenvalue weighted by Crippen LogP contribution is -3.19. The van der Waals surface area contributed by atoms with Gasteiger partial charge in [0, 0.05) is 19.3 Å². The van der Waals surface area contributed by atoms with Gasteiger partial charge in [-0.2, -0.15) is 0 Å². The first-order chi connectivity index (χ1) is 7.55. The Bertz CT molecular complexity index is 278. The predicted octanol–water partition coefficient (Wildman–Crippen LogP) is -0.423.